The molecule has 1 saturated heterocycles. The Balaban J connectivity index is 1.32. The van der Waals surface area contributed by atoms with Crippen LogP contribution in [0.15, 0.2) is 79.8 Å². The van der Waals surface area contributed by atoms with Crippen LogP contribution in [-0.4, -0.2) is 56.3 Å². The molecule has 202 valence electrons. The van der Waals surface area contributed by atoms with E-state index >= 15 is 0 Å². The molecule has 0 spiro atoms. The van der Waals surface area contributed by atoms with Crippen LogP contribution in [0.2, 0.25) is 0 Å². The predicted octanol–water partition coefficient (Wildman–Crippen LogP) is 6.55. The number of aromatic nitrogens is 5. The summed E-state index contributed by atoms with van der Waals surface area (Å²) >= 11 is 0. The molecule has 0 aliphatic carbocycles. The van der Waals surface area contributed by atoms with Crippen molar-refractivity contribution in [2.75, 3.05) is 26.2 Å². The number of benzene rings is 2. The molecule has 4 heterocycles. The number of nitrogens with one attached hydrogen (secondary N) is 2. The zero-order valence-electron chi connectivity index (χ0n) is 22.5. The van der Waals surface area contributed by atoms with Gasteiger partial charge in [0.2, 0.25) is 0 Å². The molecular formula is C32H31FN6O. The maximum atomic E-state index is 14.8. The Kier molecular flexibility index (Phi) is 7.25. The van der Waals surface area contributed by atoms with Gasteiger partial charge in [-0.25, -0.2) is 4.39 Å². The van der Waals surface area contributed by atoms with Gasteiger partial charge < -0.3 is 9.72 Å². The van der Waals surface area contributed by atoms with E-state index in [1.54, 1.807) is 24.7 Å². The van der Waals surface area contributed by atoms with Crippen LogP contribution < -0.4 is 4.74 Å². The van der Waals surface area contributed by atoms with Crippen molar-refractivity contribution in [3.8, 4) is 28.4 Å². The summed E-state index contributed by atoms with van der Waals surface area (Å²) in [5.41, 5.74) is 7.74. The standard InChI is InChI=1S/C32H31FN6O/c1-3-6-26(23-15-24(33)18-25(16-23)40-14-13-39-11-4-5-12-39)27-19-30(36-21(27)2)32-28-17-22(7-8-29(28)37-38-32)31-20-34-9-10-35-31/h3,6-10,15-20,36H,1,4-5,11-14H2,2H3,(H,37,38)/b26-6-. The van der Waals surface area contributed by atoms with Crippen molar-refractivity contribution in [1.82, 2.24) is 30.0 Å². The second-order valence-corrected chi connectivity index (χ2v) is 10.0. The van der Waals surface area contributed by atoms with Gasteiger partial charge in [-0.2, -0.15) is 5.10 Å². The largest absolute Gasteiger partial charge is 0.492 e. The van der Waals surface area contributed by atoms with Gasteiger partial charge in [0.1, 0.15) is 23.9 Å². The normalized spacial score (nSPS) is 14.2. The van der Waals surface area contributed by atoms with Crippen molar-refractivity contribution in [3.63, 3.8) is 0 Å². The lowest BCUT2D eigenvalue weighted by molar-refractivity contribution is 0.237. The molecule has 0 atom stereocenters. The van der Waals surface area contributed by atoms with Gasteiger partial charge in [-0.3, -0.25) is 20.0 Å². The van der Waals surface area contributed by atoms with Crippen molar-refractivity contribution < 1.29 is 9.13 Å². The summed E-state index contributed by atoms with van der Waals surface area (Å²) < 4.78 is 20.8. The van der Waals surface area contributed by atoms with Crippen LogP contribution in [0.3, 0.4) is 0 Å². The molecule has 6 rings (SSSR count). The molecule has 8 heteroatoms. The summed E-state index contributed by atoms with van der Waals surface area (Å²) in [6, 6.07) is 13.0. The second-order valence-electron chi connectivity index (χ2n) is 10.0. The number of ether oxygens (including phenoxy) is 1. The third-order valence-electron chi connectivity index (χ3n) is 7.32. The van der Waals surface area contributed by atoms with E-state index in [2.05, 4.69) is 42.7 Å². The van der Waals surface area contributed by atoms with E-state index in [9.17, 15) is 4.39 Å². The lowest BCUT2D eigenvalue weighted by Crippen LogP contribution is -2.25. The van der Waals surface area contributed by atoms with Gasteiger partial charge in [-0.1, -0.05) is 24.8 Å². The Labute approximate surface area is 232 Å². The molecule has 0 saturated carbocycles. The molecule has 3 aromatic heterocycles. The molecule has 40 heavy (non-hydrogen) atoms. The van der Waals surface area contributed by atoms with E-state index in [1.165, 1.54) is 25.0 Å². The quantitative estimate of drug-likeness (QED) is 0.210. The van der Waals surface area contributed by atoms with Crippen LogP contribution in [0.1, 0.15) is 29.7 Å². The van der Waals surface area contributed by atoms with Crippen LogP contribution in [-0.2, 0) is 0 Å². The average Bonchev–Trinajstić information content (AvgIpc) is 3.72. The Bertz CT molecular complexity index is 1680. The smallest absolute Gasteiger partial charge is 0.127 e. The fourth-order valence-electron chi connectivity index (χ4n) is 5.35. The number of halogens is 1. The SMILES string of the molecule is C=C/C=C(/c1cc(F)cc(OCCN2CCCC2)c1)c1cc(-c2n[nH]c3ccc(-c4cnccn4)cc23)[nH]c1C. The zero-order valence-corrected chi connectivity index (χ0v) is 22.5. The van der Waals surface area contributed by atoms with Crippen LogP contribution >= 0.6 is 0 Å². The Hall–Kier alpha value is -4.56. The molecule has 1 fully saturated rings. The van der Waals surface area contributed by atoms with Crippen molar-refractivity contribution in [2.24, 2.45) is 0 Å². The summed E-state index contributed by atoms with van der Waals surface area (Å²) in [4.78, 5) is 14.5. The van der Waals surface area contributed by atoms with E-state index in [-0.39, 0.29) is 5.82 Å². The fraction of sp³-hybridized carbons (Fsp3) is 0.219. The van der Waals surface area contributed by atoms with Gasteiger partial charge in [0.05, 0.1) is 23.1 Å². The minimum absolute atomic E-state index is 0.341. The third kappa shape index (κ3) is 5.31. The average molecular weight is 535 g/mol. The van der Waals surface area contributed by atoms with Crippen molar-refractivity contribution in [2.45, 2.75) is 19.8 Å². The first kappa shape index (κ1) is 25.7. The van der Waals surface area contributed by atoms with Gasteiger partial charge in [0, 0.05) is 47.2 Å². The number of aromatic amines is 2. The molecular weight excluding hydrogens is 503 g/mol. The van der Waals surface area contributed by atoms with Crippen molar-refractivity contribution in [3.05, 3.63) is 102 Å². The number of allylic oxidation sites excluding steroid dienone is 2. The minimum Gasteiger partial charge on any atom is -0.492 e. The Morgan fingerprint density at radius 2 is 2.00 bits per heavy atom. The predicted molar refractivity (Wildman–Crippen MR) is 156 cm³/mol. The molecule has 2 N–H and O–H groups in total. The molecule has 7 nitrogen and oxygen atoms in total. The highest BCUT2D eigenvalue weighted by Gasteiger charge is 2.18. The lowest BCUT2D eigenvalue weighted by atomic mass is 9.97. The second kappa shape index (κ2) is 11.3. The highest BCUT2D eigenvalue weighted by atomic mass is 19.1. The number of likely N-dealkylation sites (tertiary alicyclic amines) is 1. The van der Waals surface area contributed by atoms with Crippen molar-refractivity contribution >= 4 is 16.5 Å². The Morgan fingerprint density at radius 1 is 1.12 bits per heavy atom. The fourth-order valence-corrected chi connectivity index (χ4v) is 5.35. The topological polar surface area (TPSA) is 82.7 Å². The van der Waals surface area contributed by atoms with E-state index in [0.29, 0.717) is 12.4 Å². The monoisotopic (exact) mass is 534 g/mol. The highest BCUT2D eigenvalue weighted by molar-refractivity contribution is 5.96. The zero-order chi connectivity index (χ0) is 27.5. The van der Waals surface area contributed by atoms with Gasteiger partial charge in [-0.05, 0) is 74.3 Å². The molecule has 0 bridgehead atoms. The van der Waals surface area contributed by atoms with Crippen LogP contribution in [0.25, 0.3) is 39.1 Å². The molecule has 0 unspecified atom stereocenters. The molecule has 2 aromatic carbocycles. The minimum atomic E-state index is -0.341. The Morgan fingerprint density at radius 3 is 2.80 bits per heavy atom. The van der Waals surface area contributed by atoms with Gasteiger partial charge >= 0.3 is 0 Å². The molecule has 1 aliphatic rings. The van der Waals surface area contributed by atoms with E-state index < -0.39 is 0 Å². The summed E-state index contributed by atoms with van der Waals surface area (Å²) in [7, 11) is 0. The highest BCUT2D eigenvalue weighted by Crippen LogP contribution is 2.35. The van der Waals surface area contributed by atoms with E-state index in [4.69, 9.17) is 4.74 Å². The number of aryl methyl sites for hydroxylation is 1. The third-order valence-corrected chi connectivity index (χ3v) is 7.32. The first-order chi connectivity index (χ1) is 19.6. The van der Waals surface area contributed by atoms with E-state index in [1.807, 2.05) is 37.3 Å². The molecule has 0 amide bonds. The number of fused-ring (bicyclic) bond motifs is 1. The van der Waals surface area contributed by atoms with Crippen LogP contribution in [0.5, 0.6) is 5.75 Å². The maximum absolute atomic E-state index is 14.8. The lowest BCUT2D eigenvalue weighted by Gasteiger charge is -2.16. The number of rotatable bonds is 9. The summed E-state index contributed by atoms with van der Waals surface area (Å²) in [6.07, 6.45) is 11.2. The first-order valence-corrected chi connectivity index (χ1v) is 13.5. The number of H-pyrrole nitrogens is 2. The van der Waals surface area contributed by atoms with Gasteiger partial charge in [0.15, 0.2) is 0 Å². The first-order valence-electron chi connectivity index (χ1n) is 13.5. The van der Waals surface area contributed by atoms with E-state index in [0.717, 1.165) is 75.6 Å². The summed E-state index contributed by atoms with van der Waals surface area (Å²) in [5.74, 6) is 0.180. The van der Waals surface area contributed by atoms with Gasteiger partial charge in [-0.15, -0.1) is 0 Å². The van der Waals surface area contributed by atoms with Crippen molar-refractivity contribution in [1.29, 1.82) is 0 Å². The number of hydrogen-bond donors (Lipinski definition) is 2. The maximum Gasteiger partial charge on any atom is 0.127 e. The van der Waals surface area contributed by atoms with Crippen LogP contribution in [0, 0.1) is 12.7 Å². The number of hydrogen-bond acceptors (Lipinski definition) is 5. The molecule has 0 radical (unpaired) electrons. The van der Waals surface area contributed by atoms with Crippen LogP contribution in [0.4, 0.5) is 4.39 Å². The summed E-state index contributed by atoms with van der Waals surface area (Å²) in [5, 5.41) is 8.70. The molecule has 5 aromatic rings. The molecule has 1 aliphatic heterocycles. The van der Waals surface area contributed by atoms with Gasteiger partial charge in [0.25, 0.3) is 0 Å². The number of nitrogens with zero attached hydrogens (tertiary/aromatic N) is 4. The summed E-state index contributed by atoms with van der Waals surface area (Å²) in [6.45, 7) is 9.49.